The molecule has 0 aromatic carbocycles. The molecule has 0 aliphatic heterocycles. The summed E-state index contributed by atoms with van der Waals surface area (Å²) < 4.78 is 2.96. The summed E-state index contributed by atoms with van der Waals surface area (Å²) in [4.78, 5) is 43.6. The third kappa shape index (κ3) is 59.7. The Balaban J connectivity index is -0.0000000769. The van der Waals surface area contributed by atoms with Crippen LogP contribution in [0.1, 0.15) is 69.2 Å². The van der Waals surface area contributed by atoms with E-state index in [9.17, 15) is 14.4 Å². The van der Waals surface area contributed by atoms with Crippen LogP contribution in [-0.2, 0) is 53.2 Å². The van der Waals surface area contributed by atoms with Crippen LogP contribution in [0.3, 0.4) is 0 Å². The van der Waals surface area contributed by atoms with Gasteiger partial charge < -0.3 is 73.3 Å². The average Bonchev–Trinajstić information content (AvgIpc) is 3.63. The zero-order valence-electron chi connectivity index (χ0n) is 30.9. The Hall–Kier alpha value is 0.995. The first-order valence-corrected chi connectivity index (χ1v) is 25.6. The number of aromatic amines is 3. The number of aliphatic hydroxyl groups is 5. The molecular formula is C28H51Cl5FeKN7O9S2Sn. The Morgan fingerprint density at radius 1 is 1.00 bits per heavy atom. The molecule has 2 radical (unpaired) electrons. The molecule has 0 amide bonds. The number of nitrogens with two attached hydrogens (primary N) is 1. The third-order valence-corrected chi connectivity index (χ3v) is 5.39. The maximum absolute atomic E-state index is 10.4. The number of aliphatic hydroxyl groups excluding tert-OH is 5. The van der Waals surface area contributed by atoms with Crippen molar-refractivity contribution in [1.29, 1.82) is 0 Å². The van der Waals surface area contributed by atoms with Crippen molar-refractivity contribution in [3.63, 3.8) is 0 Å². The van der Waals surface area contributed by atoms with Gasteiger partial charge in [0.2, 0.25) is 0 Å². The molecule has 2 aromatic rings. The van der Waals surface area contributed by atoms with Crippen LogP contribution in [0.15, 0.2) is 11.5 Å². The number of rotatable bonds is 13. The van der Waals surface area contributed by atoms with E-state index in [1.807, 2.05) is 13.8 Å². The molecule has 2 aromatic heterocycles. The first-order chi connectivity index (χ1) is 24.5. The molecule has 1 atom stereocenters. The monoisotopic (exact) mass is 1080 g/mol. The Kier molecular flexibility index (Phi) is 78.4. The molecule has 11 N–H and O–H groups in total. The van der Waals surface area contributed by atoms with Crippen LogP contribution in [0, 0.1) is 25.2 Å². The maximum atomic E-state index is 10.4. The summed E-state index contributed by atoms with van der Waals surface area (Å²) >= 11 is 7.90. The molecule has 54 heavy (non-hydrogen) atoms. The van der Waals surface area contributed by atoms with Gasteiger partial charge in [0.15, 0.2) is 10.6 Å². The molecule has 0 aliphatic rings. The van der Waals surface area contributed by atoms with Crippen LogP contribution in [0.4, 0.5) is 0 Å². The number of hydrogen-bond donors (Lipinski definition) is 10. The van der Waals surface area contributed by atoms with Crippen LogP contribution in [0.25, 0.3) is 4.25 Å². The van der Waals surface area contributed by atoms with Crippen molar-refractivity contribution in [2.75, 3.05) is 33.0 Å². The first kappa shape index (κ1) is 72.6. The van der Waals surface area contributed by atoms with E-state index in [1.54, 1.807) is 6.33 Å². The Morgan fingerprint density at radius 2 is 1.48 bits per heavy atom. The van der Waals surface area contributed by atoms with E-state index in [2.05, 4.69) is 42.2 Å². The summed E-state index contributed by atoms with van der Waals surface area (Å²) in [6.07, 6.45) is 4.53. The number of Topliss-reactive ketones (excluding diaryl/α,β-unsaturated/α-hetero) is 3. The molecule has 0 fully saturated rings. The number of halogens is 5. The van der Waals surface area contributed by atoms with Gasteiger partial charge in [0.05, 0.1) is 18.1 Å². The minimum atomic E-state index is -0.826. The largest absolute Gasteiger partial charge is 1.00 e. The van der Waals surface area contributed by atoms with Crippen LogP contribution in [0.2, 0.25) is 0 Å². The smallest absolute Gasteiger partial charge is 1.00 e. The molecule has 2 rings (SSSR count). The normalized spacial score (nSPS) is 9.48. The minimum Gasteiger partial charge on any atom is 1.00 e. The van der Waals surface area contributed by atoms with Crippen LogP contribution >= 0.6 is 62.7 Å². The fourth-order valence-corrected chi connectivity index (χ4v) is 2.96. The van der Waals surface area contributed by atoms with Crippen molar-refractivity contribution in [3.8, 4) is 0 Å². The Bertz CT molecular complexity index is 1270. The van der Waals surface area contributed by atoms with E-state index in [0.29, 0.717) is 36.9 Å². The number of hydrogen-bond acceptors (Lipinski definition) is 14. The quantitative estimate of drug-likeness (QED) is 0.0253. The van der Waals surface area contributed by atoms with Crippen LogP contribution in [-0.4, -0.2) is 132 Å². The summed E-state index contributed by atoms with van der Waals surface area (Å²) in [5, 5.41) is 52.6. The molecule has 0 bridgehead atoms. The van der Waals surface area contributed by atoms with Crippen molar-refractivity contribution >= 4 is 117 Å². The number of ketones is 3. The van der Waals surface area contributed by atoms with Gasteiger partial charge in [-0.1, -0.05) is 5.16 Å². The second-order valence-electron chi connectivity index (χ2n) is 9.15. The topological polar surface area (TPSA) is 276 Å². The van der Waals surface area contributed by atoms with Crippen molar-refractivity contribution in [3.05, 3.63) is 44.7 Å². The number of nitrogens with zero attached hydrogens (tertiary/aromatic N) is 3. The molecule has 312 valence electrons. The number of aryl methyl sites for hydroxylation is 2. The fourth-order valence-electron chi connectivity index (χ4n) is 2.69. The molecule has 1 unspecified atom stereocenters. The standard InChI is InChI=1S/C6H10N2OS.C6H10N2O.C5H9NO3.C5H11NO2.C5H10O2.CNS.5ClH.Fe.K.Sn/c1-4-5(2-3-9)8-6(10)7-4;1-5-6(2-3-9)8-4-7-5;1-4(8)5(6-9)2-3-7;1-4(8)5(6)2-3-7;1-5(7)3-2-4-6;1-2-3;;;;;;;;/h9H,2-3H2,1H3,(H2,7,8,10);4,9H,2-3H2,1H3,(H,7,8);7,9H,2-3H2,1H3;5,7H,2-3,6H2,1H3;6H,2-4H2,1H3;;5*1H;;;/q;;;;;-1;;;;;;+2;+1;+2/p-4/b;;6-5+;;;;;;;;;;;. The number of imidazole rings is 2. The zero-order valence-corrected chi connectivity index (χ0v) is 43.4. The SMILES string of the molecule is CC(=O)/C(CCO)=N/O.CC(=O)C(N)CCO.CC(=O)CCCO.Cc1[nH]c(=S)[nH]c1CCO.Cc1[nH]cnc1CCO.Cl.[C-]#[N+][S-].[Cl][Fe][Cl].[Cl][Sn][Cl].[K+]. The van der Waals surface area contributed by atoms with Gasteiger partial charge in [0, 0.05) is 82.7 Å². The maximum Gasteiger partial charge on any atom is 1.00 e. The van der Waals surface area contributed by atoms with Gasteiger partial charge in [0.25, 0.3) is 0 Å². The molecule has 0 spiro atoms. The minimum absolute atomic E-state index is 0. The van der Waals surface area contributed by atoms with Gasteiger partial charge in [-0.3, -0.25) is 16.2 Å². The van der Waals surface area contributed by atoms with Gasteiger partial charge in [-0.15, -0.1) is 12.4 Å². The average molecular weight is 1080 g/mol. The third-order valence-electron chi connectivity index (χ3n) is 5.19. The zero-order chi connectivity index (χ0) is 41.9. The van der Waals surface area contributed by atoms with Gasteiger partial charge in [-0.05, 0) is 52.8 Å². The van der Waals surface area contributed by atoms with Gasteiger partial charge >= 0.3 is 121 Å². The Labute approximate surface area is 409 Å². The van der Waals surface area contributed by atoms with Crippen molar-refractivity contribution in [2.24, 2.45) is 10.9 Å². The molecular weight excluding hydrogens is 1030 g/mol. The number of oxime groups is 1. The summed E-state index contributed by atoms with van der Waals surface area (Å²) in [6, 6.07) is -0.472. The molecule has 16 nitrogen and oxygen atoms in total. The van der Waals surface area contributed by atoms with Gasteiger partial charge in [0.1, 0.15) is 17.3 Å². The summed E-state index contributed by atoms with van der Waals surface area (Å²) in [5.41, 5.74) is 9.24. The van der Waals surface area contributed by atoms with Gasteiger partial charge in [-0.25, -0.2) is 4.98 Å². The van der Waals surface area contributed by atoms with E-state index >= 15 is 0 Å². The van der Waals surface area contributed by atoms with Crippen LogP contribution < -0.4 is 57.1 Å². The number of nitrogens with one attached hydrogen (secondary N) is 3. The van der Waals surface area contributed by atoms with Gasteiger partial charge in [-0.2, -0.15) is 0 Å². The molecule has 0 aliphatic carbocycles. The summed E-state index contributed by atoms with van der Waals surface area (Å²) in [7, 11) is 19.4. The van der Waals surface area contributed by atoms with E-state index in [1.165, 1.54) is 20.8 Å². The summed E-state index contributed by atoms with van der Waals surface area (Å²) in [5.74, 6) is -0.236. The molecule has 26 heteroatoms. The number of H-pyrrole nitrogens is 3. The van der Waals surface area contributed by atoms with Crippen molar-refractivity contribution < 1.29 is 110 Å². The van der Waals surface area contributed by atoms with E-state index in [0.717, 1.165) is 22.8 Å². The Morgan fingerprint density at radius 3 is 1.69 bits per heavy atom. The van der Waals surface area contributed by atoms with E-state index in [-0.39, 0.29) is 139 Å². The number of carbonyl (C=O) groups is 3. The molecule has 0 saturated heterocycles. The fraction of sp³-hybridized carbons (Fsp3) is 0.607. The predicted octanol–water partition coefficient (Wildman–Crippen LogP) is 0.758. The van der Waals surface area contributed by atoms with Crippen molar-refractivity contribution in [2.45, 2.75) is 79.2 Å². The van der Waals surface area contributed by atoms with E-state index < -0.39 is 24.9 Å². The number of aromatic nitrogens is 4. The first-order valence-electron chi connectivity index (χ1n) is 14.6. The second kappa shape index (κ2) is 58.3. The number of carbonyl (C=O) groups excluding carboxylic acids is 3. The molecule has 0 saturated carbocycles. The van der Waals surface area contributed by atoms with Crippen molar-refractivity contribution in [1.82, 2.24) is 19.9 Å². The van der Waals surface area contributed by atoms with E-state index in [4.69, 9.17) is 93.3 Å². The predicted molar refractivity (Wildman–Crippen MR) is 215 cm³/mol. The summed E-state index contributed by atoms with van der Waals surface area (Å²) in [6.45, 7) is 14.0. The second-order valence-corrected chi connectivity index (χ2v) is 15.8. The molecule has 2 heterocycles. The van der Waals surface area contributed by atoms with Crippen LogP contribution in [0.5, 0.6) is 0 Å².